The summed E-state index contributed by atoms with van der Waals surface area (Å²) in [6.45, 7) is 47.6. The highest BCUT2D eigenvalue weighted by Gasteiger charge is 2.50. The van der Waals surface area contributed by atoms with E-state index in [0.29, 0.717) is 21.7 Å². The molecule has 8 aliphatic rings. The van der Waals surface area contributed by atoms with Crippen LogP contribution in [0.15, 0.2) is 0 Å². The molecule has 0 heterocycles. The van der Waals surface area contributed by atoms with Gasteiger partial charge in [-0.1, -0.05) is 376 Å². The molecular weight excluding hydrogens is 1180 g/mol. The lowest BCUT2D eigenvalue weighted by Crippen LogP contribution is -2.08. The van der Waals surface area contributed by atoms with Gasteiger partial charge in [0.2, 0.25) is 0 Å². The smallest absolute Gasteiger partial charge is 0.0380 e. The third kappa shape index (κ3) is 46.2. The van der Waals surface area contributed by atoms with Crippen molar-refractivity contribution in [1.82, 2.24) is 0 Å². The predicted octanol–water partition coefficient (Wildman–Crippen LogP) is 33.8. The lowest BCUT2D eigenvalue weighted by Gasteiger charge is -2.21. The Bertz CT molecular complexity index is 1920. The Morgan fingerprint density at radius 1 is 0.214 bits per heavy atom. The van der Waals surface area contributed by atoms with Crippen LogP contribution >= 0.6 is 0 Å². The van der Waals surface area contributed by atoms with Crippen molar-refractivity contribution in [2.75, 3.05) is 0 Å². The summed E-state index contributed by atoms with van der Waals surface area (Å²) in [6, 6.07) is 0. The minimum absolute atomic E-state index is 0.507. The molecule has 98 heavy (non-hydrogen) atoms. The van der Waals surface area contributed by atoms with Gasteiger partial charge in [0.25, 0.3) is 0 Å². The Balaban J connectivity index is 0.000000236. The first-order valence-corrected chi connectivity index (χ1v) is 46.5. The average molecular weight is 1370 g/mol. The quantitative estimate of drug-likeness (QED) is 0.0533. The summed E-state index contributed by atoms with van der Waals surface area (Å²) in [5.41, 5.74) is 2.13. The summed E-state index contributed by atoms with van der Waals surface area (Å²) in [5.74, 6) is 22.1. The van der Waals surface area contributed by atoms with Crippen molar-refractivity contribution in [3.05, 3.63) is 0 Å². The Kier molecular flexibility index (Phi) is 42.5. The molecule has 0 bridgehead atoms. The zero-order valence-corrected chi connectivity index (χ0v) is 71.7. The third-order valence-corrected chi connectivity index (χ3v) is 27.6. The summed E-state index contributed by atoms with van der Waals surface area (Å²) in [5, 5.41) is 0. The molecule has 0 N–H and O–H groups in total. The number of rotatable bonds is 54. The van der Waals surface area contributed by atoms with Gasteiger partial charge in [0.15, 0.2) is 0 Å². The van der Waals surface area contributed by atoms with Gasteiger partial charge >= 0.3 is 0 Å². The fraction of sp³-hybridized carbons (Fsp3) is 1.00. The first kappa shape index (κ1) is 88.6. The monoisotopic (exact) mass is 1370 g/mol. The van der Waals surface area contributed by atoms with Crippen LogP contribution < -0.4 is 0 Å². The first-order valence-electron chi connectivity index (χ1n) is 46.5. The number of hydrogen-bond donors (Lipinski definition) is 0. The van der Waals surface area contributed by atoms with Crippen molar-refractivity contribution in [2.24, 2.45) is 140 Å². The molecule has 0 spiro atoms. The topological polar surface area (TPSA) is 0 Å². The Labute approximate surface area is 621 Å². The highest BCUT2D eigenvalue weighted by molar-refractivity contribution is 5.00. The molecule has 19 unspecified atom stereocenters. The van der Waals surface area contributed by atoms with Crippen LogP contribution in [0.25, 0.3) is 0 Å². The normalized spacial score (nSPS) is 29.7. The van der Waals surface area contributed by atoms with Gasteiger partial charge in [-0.15, -0.1) is 0 Å². The molecule has 8 aliphatic carbocycles. The van der Waals surface area contributed by atoms with Crippen LogP contribution in [0.2, 0.25) is 0 Å². The maximum Gasteiger partial charge on any atom is -0.0380 e. The number of unbranched alkanes of at least 4 members (excludes halogenated alkanes) is 16. The van der Waals surface area contributed by atoms with E-state index >= 15 is 0 Å². The van der Waals surface area contributed by atoms with E-state index in [4.69, 9.17) is 0 Å². The molecule has 0 aliphatic heterocycles. The molecule has 0 aromatic heterocycles. The fourth-order valence-corrected chi connectivity index (χ4v) is 19.3. The largest absolute Gasteiger partial charge is 0.0654 e. The lowest BCUT2D eigenvalue weighted by molar-refractivity contribution is 0.313. The van der Waals surface area contributed by atoms with Gasteiger partial charge in [-0.25, -0.2) is 0 Å². The van der Waals surface area contributed by atoms with Crippen LogP contribution in [0.5, 0.6) is 0 Å². The summed E-state index contributed by atoms with van der Waals surface area (Å²) in [4.78, 5) is 0. The standard InChI is InChI=1S/2C25H46.C24H46.C24H50/c1-5-19-14-21(19)16-23-18-24(23)17-22-15-20(22)12-10-8-6-7-9-11-13-25(2,3)4;1-5-6-8-11-19-14-21(19)16-23-18-24(23)17-22-15-20(22)12-9-7-10-13-25(2,3)4;1-5-6-11-14-20-17-22(20)19-23-18-21(23)15-12-9-7-8-10-13-16-24(2,3)4;1-20(2)12-9-13-21(3)14-10-15-22(4)16-11-17-23(5)18-19-24(6,7)8/h2*19-24H,5-18H2,1-4H3;20-23H,5-19H2,1-4H3;20-23H,9-19H2,1-8H3. The van der Waals surface area contributed by atoms with Crippen LogP contribution in [0.3, 0.4) is 0 Å². The van der Waals surface area contributed by atoms with E-state index in [1.807, 2.05) is 0 Å². The molecule has 0 amide bonds. The van der Waals surface area contributed by atoms with Crippen molar-refractivity contribution < 1.29 is 0 Å². The van der Waals surface area contributed by atoms with Gasteiger partial charge in [0.05, 0.1) is 0 Å². The Morgan fingerprint density at radius 3 is 0.694 bits per heavy atom. The van der Waals surface area contributed by atoms with Crippen LogP contribution in [0, 0.1) is 140 Å². The van der Waals surface area contributed by atoms with E-state index in [1.54, 1.807) is 116 Å². The van der Waals surface area contributed by atoms with Crippen molar-refractivity contribution in [2.45, 2.75) is 485 Å². The molecule has 580 valence electrons. The zero-order valence-electron chi connectivity index (χ0n) is 71.7. The van der Waals surface area contributed by atoms with E-state index in [1.165, 1.54) is 231 Å². The van der Waals surface area contributed by atoms with Gasteiger partial charge in [-0.3, -0.25) is 0 Å². The van der Waals surface area contributed by atoms with Gasteiger partial charge < -0.3 is 0 Å². The second-order valence-electron chi connectivity index (χ2n) is 43.8. The van der Waals surface area contributed by atoms with E-state index in [2.05, 4.69) is 138 Å². The van der Waals surface area contributed by atoms with Crippen LogP contribution in [-0.4, -0.2) is 0 Å². The molecule has 8 fully saturated rings. The highest BCUT2D eigenvalue weighted by atomic mass is 14.6. The summed E-state index contributed by atoms with van der Waals surface area (Å²) in [6.07, 6.45) is 80.9. The van der Waals surface area contributed by atoms with E-state index in [9.17, 15) is 0 Å². The molecule has 0 saturated heterocycles. The molecule has 0 radical (unpaired) electrons. The molecular formula is C98H188. The van der Waals surface area contributed by atoms with E-state index in [-0.39, 0.29) is 0 Å². The van der Waals surface area contributed by atoms with E-state index < -0.39 is 0 Å². The molecule has 8 rings (SSSR count). The predicted molar refractivity (Wildman–Crippen MR) is 442 cm³/mol. The minimum Gasteiger partial charge on any atom is -0.0654 e. The van der Waals surface area contributed by atoms with Crippen LogP contribution in [-0.2, 0) is 0 Å². The Hall–Kier alpha value is 0. The van der Waals surface area contributed by atoms with Gasteiger partial charge in [-0.05, 0) is 249 Å². The first-order chi connectivity index (χ1) is 46.5. The number of hydrogen-bond acceptors (Lipinski definition) is 0. The lowest BCUT2D eigenvalue weighted by atomic mass is 9.85. The zero-order chi connectivity index (χ0) is 71.7. The molecule has 8 saturated carbocycles. The molecule has 0 nitrogen and oxygen atoms in total. The van der Waals surface area contributed by atoms with Crippen molar-refractivity contribution in [1.29, 1.82) is 0 Å². The van der Waals surface area contributed by atoms with Crippen molar-refractivity contribution in [3.8, 4) is 0 Å². The van der Waals surface area contributed by atoms with Gasteiger partial charge in [-0.2, -0.15) is 0 Å². The summed E-state index contributed by atoms with van der Waals surface area (Å²) in [7, 11) is 0. The van der Waals surface area contributed by atoms with Gasteiger partial charge in [0, 0.05) is 0 Å². The average Bonchev–Trinajstić information content (AvgIpc) is 1.65. The van der Waals surface area contributed by atoms with Crippen LogP contribution in [0.4, 0.5) is 0 Å². The molecule has 19 atom stereocenters. The minimum atomic E-state index is 0.507. The molecule has 0 aromatic carbocycles. The van der Waals surface area contributed by atoms with Gasteiger partial charge in [0.1, 0.15) is 0 Å². The fourth-order valence-electron chi connectivity index (χ4n) is 19.3. The SMILES string of the molecule is CC(C)CCCC(C)CCCC(C)CCCC(C)CCC(C)(C)C.CCC1CC1CC1CC1CC1CC1CCCCCCCCC(C)(C)C.CCCCCC1CC1CC1CC1CC1CC1CCCCCC(C)(C)C.CCCCCC1CC1CC1CC1CCCCCCCCC(C)(C)C. The second kappa shape index (κ2) is 46.9. The van der Waals surface area contributed by atoms with Crippen molar-refractivity contribution >= 4 is 0 Å². The Morgan fingerprint density at radius 2 is 0.429 bits per heavy atom. The van der Waals surface area contributed by atoms with E-state index in [0.717, 1.165) is 118 Å². The van der Waals surface area contributed by atoms with Crippen LogP contribution in [0.1, 0.15) is 485 Å². The second-order valence-corrected chi connectivity index (χ2v) is 43.8. The maximum absolute atomic E-state index is 2.48. The molecule has 0 aromatic rings. The maximum atomic E-state index is 2.48. The third-order valence-electron chi connectivity index (χ3n) is 27.6. The summed E-state index contributed by atoms with van der Waals surface area (Å²) < 4.78 is 0. The summed E-state index contributed by atoms with van der Waals surface area (Å²) >= 11 is 0. The highest BCUT2D eigenvalue weighted by Crippen LogP contribution is 2.60. The van der Waals surface area contributed by atoms with Crippen molar-refractivity contribution in [3.63, 3.8) is 0 Å². The molecule has 0 heteroatoms.